The van der Waals surface area contributed by atoms with E-state index in [1.54, 1.807) is 30.3 Å². The van der Waals surface area contributed by atoms with Crippen LogP contribution in [0.4, 0.5) is 5.69 Å². The third kappa shape index (κ3) is 1.53. The van der Waals surface area contributed by atoms with Crippen molar-refractivity contribution in [2.24, 2.45) is 0 Å². The standard InChI is InChI=1S/C11H11NO3/c1-11(15)7-9(13)12(10(11)14)8-5-3-2-4-6-8/h2-6,15H,7H2,1H3. The number of aliphatic hydroxyl groups is 1. The second kappa shape index (κ2) is 3.17. The Morgan fingerprint density at radius 3 is 2.33 bits per heavy atom. The molecule has 1 aliphatic heterocycles. The fraction of sp³-hybridized carbons (Fsp3) is 0.273. The van der Waals surface area contributed by atoms with E-state index in [-0.39, 0.29) is 12.3 Å². The van der Waals surface area contributed by atoms with Gasteiger partial charge in [-0.1, -0.05) is 18.2 Å². The van der Waals surface area contributed by atoms with Crippen molar-refractivity contribution in [2.75, 3.05) is 4.90 Å². The number of hydrogen-bond acceptors (Lipinski definition) is 3. The molecule has 1 aliphatic rings. The molecule has 0 aromatic heterocycles. The number of carbonyl (C=O) groups excluding carboxylic acids is 2. The van der Waals surface area contributed by atoms with E-state index < -0.39 is 11.5 Å². The van der Waals surface area contributed by atoms with E-state index in [0.29, 0.717) is 5.69 Å². The van der Waals surface area contributed by atoms with E-state index >= 15 is 0 Å². The Kier molecular flexibility index (Phi) is 2.08. The normalized spacial score (nSPS) is 26.1. The van der Waals surface area contributed by atoms with Crippen LogP contribution in [0.25, 0.3) is 0 Å². The first-order valence-corrected chi connectivity index (χ1v) is 4.67. The van der Waals surface area contributed by atoms with Crippen molar-refractivity contribution in [2.45, 2.75) is 18.9 Å². The van der Waals surface area contributed by atoms with Crippen LogP contribution in [0.5, 0.6) is 0 Å². The zero-order valence-corrected chi connectivity index (χ0v) is 8.30. The van der Waals surface area contributed by atoms with Gasteiger partial charge in [-0.3, -0.25) is 9.59 Å². The van der Waals surface area contributed by atoms with Crippen molar-refractivity contribution in [3.63, 3.8) is 0 Å². The molecule has 1 heterocycles. The topological polar surface area (TPSA) is 57.6 Å². The summed E-state index contributed by atoms with van der Waals surface area (Å²) in [6.45, 7) is 1.36. The Labute approximate surface area is 87.1 Å². The summed E-state index contributed by atoms with van der Waals surface area (Å²) in [6, 6.07) is 8.60. The van der Waals surface area contributed by atoms with E-state index in [1.807, 2.05) is 0 Å². The van der Waals surface area contributed by atoms with E-state index in [2.05, 4.69) is 0 Å². The number of imide groups is 1. The Morgan fingerprint density at radius 1 is 1.27 bits per heavy atom. The van der Waals surface area contributed by atoms with E-state index in [1.165, 1.54) is 6.92 Å². The highest BCUT2D eigenvalue weighted by Gasteiger charge is 2.47. The van der Waals surface area contributed by atoms with Crippen molar-refractivity contribution in [3.8, 4) is 0 Å². The van der Waals surface area contributed by atoms with Gasteiger partial charge in [0.25, 0.3) is 5.91 Å². The molecule has 4 nitrogen and oxygen atoms in total. The van der Waals surface area contributed by atoms with Crippen LogP contribution in [0.2, 0.25) is 0 Å². The highest BCUT2D eigenvalue weighted by atomic mass is 16.3. The van der Waals surface area contributed by atoms with Crippen LogP contribution in [0, 0.1) is 0 Å². The van der Waals surface area contributed by atoms with Gasteiger partial charge < -0.3 is 5.11 Å². The predicted octanol–water partition coefficient (Wildman–Crippen LogP) is 0.701. The monoisotopic (exact) mass is 205 g/mol. The van der Waals surface area contributed by atoms with Crippen LogP contribution in [0.1, 0.15) is 13.3 Å². The van der Waals surface area contributed by atoms with Gasteiger partial charge in [0.1, 0.15) is 5.60 Å². The number of amides is 2. The molecule has 0 aliphatic carbocycles. The Balaban J connectivity index is 2.40. The molecule has 4 heteroatoms. The van der Waals surface area contributed by atoms with Crippen LogP contribution in [-0.2, 0) is 9.59 Å². The van der Waals surface area contributed by atoms with Crippen LogP contribution < -0.4 is 4.90 Å². The quantitative estimate of drug-likeness (QED) is 0.686. The summed E-state index contributed by atoms with van der Waals surface area (Å²) in [5.41, 5.74) is -1.06. The molecule has 0 bridgehead atoms. The molecule has 0 radical (unpaired) electrons. The predicted molar refractivity (Wildman–Crippen MR) is 54.2 cm³/mol. The molecule has 15 heavy (non-hydrogen) atoms. The lowest BCUT2D eigenvalue weighted by Crippen LogP contribution is -2.38. The second-order valence-corrected chi connectivity index (χ2v) is 3.82. The van der Waals surface area contributed by atoms with E-state index in [0.717, 1.165) is 4.90 Å². The molecule has 1 atom stereocenters. The first kappa shape index (κ1) is 9.86. The fourth-order valence-corrected chi connectivity index (χ4v) is 1.64. The molecule has 1 fully saturated rings. The lowest BCUT2D eigenvalue weighted by atomic mass is 10.1. The number of hydrogen-bond donors (Lipinski definition) is 1. The largest absolute Gasteiger partial charge is 0.380 e. The Bertz CT molecular complexity index is 411. The van der Waals surface area contributed by atoms with E-state index in [4.69, 9.17) is 0 Å². The Hall–Kier alpha value is -1.68. The summed E-state index contributed by atoms with van der Waals surface area (Å²) in [6.07, 6.45) is -0.152. The van der Waals surface area contributed by atoms with Crippen LogP contribution in [0.3, 0.4) is 0 Å². The van der Waals surface area contributed by atoms with Crippen LogP contribution >= 0.6 is 0 Å². The molecule has 1 aromatic carbocycles. The van der Waals surface area contributed by atoms with Gasteiger partial charge in [-0.05, 0) is 19.1 Å². The number of anilines is 1. The second-order valence-electron chi connectivity index (χ2n) is 3.82. The zero-order valence-electron chi connectivity index (χ0n) is 8.30. The summed E-state index contributed by atoms with van der Waals surface area (Å²) in [5.74, 6) is -0.921. The third-order valence-electron chi connectivity index (χ3n) is 2.42. The molecule has 1 aromatic rings. The fourth-order valence-electron chi connectivity index (χ4n) is 1.64. The summed E-state index contributed by atoms with van der Waals surface area (Å²) in [5, 5.41) is 9.65. The summed E-state index contributed by atoms with van der Waals surface area (Å²) < 4.78 is 0. The van der Waals surface area contributed by atoms with Crippen molar-refractivity contribution < 1.29 is 14.7 Å². The van der Waals surface area contributed by atoms with Gasteiger partial charge in [0.15, 0.2) is 0 Å². The van der Waals surface area contributed by atoms with Crippen LogP contribution in [-0.4, -0.2) is 22.5 Å². The lowest BCUT2D eigenvalue weighted by molar-refractivity contribution is -0.131. The number of para-hydroxylation sites is 1. The highest BCUT2D eigenvalue weighted by molar-refractivity contribution is 6.23. The number of rotatable bonds is 1. The summed E-state index contributed by atoms with van der Waals surface area (Å²) in [4.78, 5) is 24.3. The van der Waals surface area contributed by atoms with Gasteiger partial charge in [0.2, 0.25) is 5.91 Å². The van der Waals surface area contributed by atoms with E-state index in [9.17, 15) is 14.7 Å². The molecule has 2 rings (SSSR count). The molecule has 1 N–H and O–H groups in total. The van der Waals surface area contributed by atoms with Gasteiger partial charge in [-0.2, -0.15) is 0 Å². The van der Waals surface area contributed by atoms with Crippen molar-refractivity contribution in [3.05, 3.63) is 30.3 Å². The molecular weight excluding hydrogens is 194 g/mol. The molecule has 1 saturated heterocycles. The minimum Gasteiger partial charge on any atom is -0.380 e. The van der Waals surface area contributed by atoms with Crippen molar-refractivity contribution >= 4 is 17.5 Å². The maximum Gasteiger partial charge on any atom is 0.265 e. The van der Waals surface area contributed by atoms with Gasteiger partial charge in [0.05, 0.1) is 12.1 Å². The molecule has 1 unspecified atom stereocenters. The molecular formula is C11H11NO3. The first-order valence-electron chi connectivity index (χ1n) is 4.67. The zero-order chi connectivity index (χ0) is 11.1. The van der Waals surface area contributed by atoms with Crippen molar-refractivity contribution in [1.29, 1.82) is 0 Å². The maximum absolute atomic E-state index is 11.7. The molecule has 0 saturated carbocycles. The number of carbonyl (C=O) groups is 2. The number of nitrogens with zero attached hydrogens (tertiary/aromatic N) is 1. The SMILES string of the molecule is CC1(O)CC(=O)N(c2ccccc2)C1=O. The first-order chi connectivity index (χ1) is 7.02. The average Bonchev–Trinajstić information content (AvgIpc) is 2.38. The molecule has 78 valence electrons. The van der Waals surface area contributed by atoms with Gasteiger partial charge in [-0.25, -0.2) is 4.90 Å². The van der Waals surface area contributed by atoms with Gasteiger partial charge in [0, 0.05) is 0 Å². The smallest absolute Gasteiger partial charge is 0.265 e. The number of benzene rings is 1. The summed E-state index contributed by atoms with van der Waals surface area (Å²) in [7, 11) is 0. The van der Waals surface area contributed by atoms with Crippen LogP contribution in [0.15, 0.2) is 30.3 Å². The lowest BCUT2D eigenvalue weighted by Gasteiger charge is -2.16. The van der Waals surface area contributed by atoms with Gasteiger partial charge >= 0.3 is 0 Å². The molecule has 2 amide bonds. The minimum atomic E-state index is -1.56. The maximum atomic E-state index is 11.7. The highest BCUT2D eigenvalue weighted by Crippen LogP contribution is 2.28. The minimum absolute atomic E-state index is 0.152. The molecule has 0 spiro atoms. The third-order valence-corrected chi connectivity index (χ3v) is 2.42. The van der Waals surface area contributed by atoms with Crippen molar-refractivity contribution in [1.82, 2.24) is 0 Å². The average molecular weight is 205 g/mol. The Morgan fingerprint density at radius 2 is 1.87 bits per heavy atom. The van der Waals surface area contributed by atoms with Gasteiger partial charge in [-0.15, -0.1) is 0 Å². The summed E-state index contributed by atoms with van der Waals surface area (Å²) >= 11 is 0.